The SMILES string of the molecule is CCOc1cc2c(cc1OCC)[C@@H]1CCCC[C@@H]1N=C2c1ccc(O)cc1. The van der Waals surface area contributed by atoms with E-state index in [2.05, 4.69) is 12.1 Å². The van der Waals surface area contributed by atoms with Crippen LogP contribution in [-0.2, 0) is 0 Å². The molecule has 1 N–H and O–H groups in total. The number of hydrogen-bond acceptors (Lipinski definition) is 4. The third kappa shape index (κ3) is 3.41. The van der Waals surface area contributed by atoms with Crippen LogP contribution >= 0.6 is 0 Å². The Labute approximate surface area is 160 Å². The average molecular weight is 365 g/mol. The molecule has 1 aliphatic heterocycles. The van der Waals surface area contributed by atoms with Gasteiger partial charge < -0.3 is 14.6 Å². The van der Waals surface area contributed by atoms with Crippen LogP contribution < -0.4 is 9.47 Å². The zero-order chi connectivity index (χ0) is 18.8. The van der Waals surface area contributed by atoms with Crippen LogP contribution in [0.1, 0.15) is 62.1 Å². The van der Waals surface area contributed by atoms with E-state index in [9.17, 15) is 5.11 Å². The van der Waals surface area contributed by atoms with E-state index in [0.717, 1.165) is 34.8 Å². The van der Waals surface area contributed by atoms with Crippen LogP contribution in [0.5, 0.6) is 17.2 Å². The van der Waals surface area contributed by atoms with Crippen LogP contribution in [-0.4, -0.2) is 30.1 Å². The summed E-state index contributed by atoms with van der Waals surface area (Å²) < 4.78 is 11.8. The minimum atomic E-state index is 0.271. The van der Waals surface area contributed by atoms with Crippen molar-refractivity contribution in [3.05, 3.63) is 53.1 Å². The minimum Gasteiger partial charge on any atom is -0.508 e. The number of phenolic OH excluding ortho intramolecular Hbond substituents is 1. The largest absolute Gasteiger partial charge is 0.508 e. The first-order valence-electron chi connectivity index (χ1n) is 10.0. The summed E-state index contributed by atoms with van der Waals surface area (Å²) >= 11 is 0. The standard InChI is InChI=1S/C23H27NO3/c1-3-26-21-13-18-17-7-5-6-8-20(17)24-23(15-9-11-16(25)12-10-15)19(18)14-22(21)27-4-2/h9-14,17,20,25H,3-8H2,1-2H3/t17-,20-/m0/s1. The molecule has 2 aromatic carbocycles. The molecule has 0 unspecified atom stereocenters. The van der Waals surface area contributed by atoms with Gasteiger partial charge in [-0.3, -0.25) is 4.99 Å². The number of nitrogens with zero attached hydrogens (tertiary/aromatic N) is 1. The highest BCUT2D eigenvalue weighted by molar-refractivity contribution is 6.15. The third-order valence-corrected chi connectivity index (χ3v) is 5.54. The number of fused-ring (bicyclic) bond motifs is 3. The molecular weight excluding hydrogens is 338 g/mol. The van der Waals surface area contributed by atoms with Gasteiger partial charge in [-0.05, 0) is 68.7 Å². The molecule has 0 radical (unpaired) electrons. The Hall–Kier alpha value is -2.49. The van der Waals surface area contributed by atoms with E-state index in [-0.39, 0.29) is 5.75 Å². The Kier molecular flexibility index (Phi) is 5.06. The second kappa shape index (κ2) is 7.63. The van der Waals surface area contributed by atoms with Crippen molar-refractivity contribution in [2.45, 2.75) is 51.5 Å². The first-order chi connectivity index (χ1) is 13.2. The summed E-state index contributed by atoms with van der Waals surface area (Å²) in [4.78, 5) is 5.16. The number of ether oxygens (including phenoxy) is 2. The van der Waals surface area contributed by atoms with E-state index in [1.807, 2.05) is 26.0 Å². The van der Waals surface area contributed by atoms with E-state index in [1.165, 1.54) is 24.8 Å². The minimum absolute atomic E-state index is 0.271. The van der Waals surface area contributed by atoms with Crippen molar-refractivity contribution in [1.29, 1.82) is 0 Å². The first-order valence-corrected chi connectivity index (χ1v) is 10.0. The normalized spacial score (nSPS) is 21.0. The van der Waals surface area contributed by atoms with E-state index >= 15 is 0 Å². The van der Waals surface area contributed by atoms with Crippen LogP contribution in [0.2, 0.25) is 0 Å². The molecule has 0 aromatic heterocycles. The van der Waals surface area contributed by atoms with Crippen molar-refractivity contribution in [2.75, 3.05) is 13.2 Å². The van der Waals surface area contributed by atoms with E-state index in [0.29, 0.717) is 25.2 Å². The Balaban J connectivity index is 1.87. The van der Waals surface area contributed by atoms with Gasteiger partial charge in [0, 0.05) is 17.0 Å². The number of aromatic hydroxyl groups is 1. The predicted octanol–water partition coefficient (Wildman–Crippen LogP) is 5.07. The molecule has 2 aromatic rings. The molecule has 2 atom stereocenters. The van der Waals surface area contributed by atoms with Crippen LogP contribution in [0.3, 0.4) is 0 Å². The zero-order valence-electron chi connectivity index (χ0n) is 16.1. The van der Waals surface area contributed by atoms with Crippen molar-refractivity contribution in [1.82, 2.24) is 0 Å². The summed E-state index contributed by atoms with van der Waals surface area (Å²) in [5, 5.41) is 9.67. The third-order valence-electron chi connectivity index (χ3n) is 5.54. The molecule has 0 spiro atoms. The fourth-order valence-corrected chi connectivity index (χ4v) is 4.34. The number of phenols is 1. The number of aliphatic imine (C=N–C) groups is 1. The molecule has 142 valence electrons. The van der Waals surface area contributed by atoms with Crippen molar-refractivity contribution in [2.24, 2.45) is 4.99 Å². The van der Waals surface area contributed by atoms with Gasteiger partial charge >= 0.3 is 0 Å². The van der Waals surface area contributed by atoms with Gasteiger partial charge in [0.1, 0.15) is 5.75 Å². The second-order valence-electron chi connectivity index (χ2n) is 7.24. The molecule has 4 heteroatoms. The Morgan fingerprint density at radius 1 is 0.963 bits per heavy atom. The smallest absolute Gasteiger partial charge is 0.161 e. The van der Waals surface area contributed by atoms with Crippen molar-refractivity contribution in [3.8, 4) is 17.2 Å². The van der Waals surface area contributed by atoms with Gasteiger partial charge in [-0.1, -0.05) is 12.8 Å². The summed E-state index contributed by atoms with van der Waals surface area (Å²) in [6, 6.07) is 11.9. The zero-order valence-corrected chi connectivity index (χ0v) is 16.1. The van der Waals surface area contributed by atoms with Crippen LogP contribution in [0.15, 0.2) is 41.4 Å². The average Bonchev–Trinajstić information content (AvgIpc) is 2.69. The molecule has 0 bridgehead atoms. The summed E-state index contributed by atoms with van der Waals surface area (Å²) in [5.41, 5.74) is 4.49. The molecule has 1 fully saturated rings. The van der Waals surface area contributed by atoms with Crippen LogP contribution in [0, 0.1) is 0 Å². The fraction of sp³-hybridized carbons (Fsp3) is 0.435. The molecule has 27 heavy (non-hydrogen) atoms. The van der Waals surface area contributed by atoms with E-state index in [1.54, 1.807) is 12.1 Å². The lowest BCUT2D eigenvalue weighted by atomic mass is 9.75. The highest BCUT2D eigenvalue weighted by Gasteiger charge is 2.34. The number of rotatable bonds is 5. The van der Waals surface area contributed by atoms with E-state index in [4.69, 9.17) is 14.5 Å². The summed E-state index contributed by atoms with van der Waals surface area (Å²) in [6.45, 7) is 5.20. The van der Waals surface area contributed by atoms with Gasteiger partial charge in [0.15, 0.2) is 11.5 Å². The topological polar surface area (TPSA) is 51.0 Å². The molecule has 4 nitrogen and oxygen atoms in total. The lowest BCUT2D eigenvalue weighted by Gasteiger charge is -2.36. The van der Waals surface area contributed by atoms with Crippen molar-refractivity contribution in [3.63, 3.8) is 0 Å². The quantitative estimate of drug-likeness (QED) is 0.805. The van der Waals surface area contributed by atoms with Crippen molar-refractivity contribution < 1.29 is 14.6 Å². The van der Waals surface area contributed by atoms with Crippen LogP contribution in [0.25, 0.3) is 0 Å². The van der Waals surface area contributed by atoms with Gasteiger partial charge in [-0.15, -0.1) is 0 Å². The Morgan fingerprint density at radius 2 is 1.63 bits per heavy atom. The highest BCUT2D eigenvalue weighted by Crippen LogP contribution is 2.45. The summed E-state index contributed by atoms with van der Waals surface area (Å²) in [5.74, 6) is 2.32. The molecule has 1 heterocycles. The summed E-state index contributed by atoms with van der Waals surface area (Å²) in [7, 11) is 0. The highest BCUT2D eigenvalue weighted by atomic mass is 16.5. The Bertz CT molecular complexity index is 841. The lowest BCUT2D eigenvalue weighted by molar-refractivity contribution is 0.286. The molecule has 1 aliphatic carbocycles. The molecule has 0 amide bonds. The van der Waals surface area contributed by atoms with E-state index < -0.39 is 0 Å². The second-order valence-corrected chi connectivity index (χ2v) is 7.24. The van der Waals surface area contributed by atoms with Gasteiger partial charge in [0.05, 0.1) is 25.0 Å². The molecule has 1 saturated carbocycles. The van der Waals surface area contributed by atoms with Gasteiger partial charge in [-0.25, -0.2) is 0 Å². The van der Waals surface area contributed by atoms with Gasteiger partial charge in [0.2, 0.25) is 0 Å². The van der Waals surface area contributed by atoms with Crippen molar-refractivity contribution >= 4 is 5.71 Å². The monoisotopic (exact) mass is 365 g/mol. The van der Waals surface area contributed by atoms with Crippen LogP contribution in [0.4, 0.5) is 0 Å². The maximum absolute atomic E-state index is 9.67. The molecular formula is C23H27NO3. The summed E-state index contributed by atoms with van der Waals surface area (Å²) in [6.07, 6.45) is 4.78. The number of hydrogen-bond donors (Lipinski definition) is 1. The fourth-order valence-electron chi connectivity index (χ4n) is 4.34. The maximum Gasteiger partial charge on any atom is 0.161 e. The predicted molar refractivity (Wildman–Crippen MR) is 108 cm³/mol. The molecule has 0 saturated heterocycles. The Morgan fingerprint density at radius 3 is 2.33 bits per heavy atom. The number of benzene rings is 2. The van der Waals surface area contributed by atoms with Gasteiger partial charge in [0.25, 0.3) is 0 Å². The first kappa shape index (κ1) is 17.9. The van der Waals surface area contributed by atoms with Gasteiger partial charge in [-0.2, -0.15) is 0 Å². The molecule has 2 aliphatic rings. The molecule has 4 rings (SSSR count). The lowest BCUT2D eigenvalue weighted by Crippen LogP contribution is -2.29. The maximum atomic E-state index is 9.67.